The molecule has 2 atom stereocenters. The minimum Gasteiger partial charge on any atom is -0.482 e. The predicted molar refractivity (Wildman–Crippen MR) is 119 cm³/mol. The number of hydrogen-bond donors (Lipinski definition) is 2. The monoisotopic (exact) mass is 461 g/mol. The molecule has 31 heavy (non-hydrogen) atoms. The Labute approximate surface area is 189 Å². The number of nitrogens with zero attached hydrogens (tertiary/aromatic N) is 3. The van der Waals surface area contributed by atoms with Crippen molar-refractivity contribution < 1.29 is 9.13 Å². The highest BCUT2D eigenvalue weighted by atomic mass is 35.5. The van der Waals surface area contributed by atoms with Gasteiger partial charge in [0.1, 0.15) is 11.9 Å². The molecule has 1 saturated heterocycles. The van der Waals surface area contributed by atoms with Gasteiger partial charge in [0, 0.05) is 46.5 Å². The molecule has 4 heterocycles. The summed E-state index contributed by atoms with van der Waals surface area (Å²) in [6.07, 6.45) is 3.30. The van der Waals surface area contributed by atoms with Crippen molar-refractivity contribution in [3.8, 4) is 17.0 Å². The van der Waals surface area contributed by atoms with Gasteiger partial charge in [-0.3, -0.25) is 4.68 Å². The van der Waals surface area contributed by atoms with Gasteiger partial charge in [-0.2, -0.15) is 5.10 Å². The number of nitrogens with one attached hydrogen (secondary N) is 1. The lowest BCUT2D eigenvalue weighted by Crippen LogP contribution is -2.25. The van der Waals surface area contributed by atoms with Gasteiger partial charge in [-0.25, -0.2) is 9.37 Å². The fourth-order valence-electron chi connectivity index (χ4n) is 4.63. The van der Waals surface area contributed by atoms with Crippen LogP contribution >= 0.6 is 23.2 Å². The maximum Gasteiger partial charge on any atom is 0.166 e. The maximum absolute atomic E-state index is 13.9. The average molecular weight is 462 g/mol. The van der Waals surface area contributed by atoms with Crippen molar-refractivity contribution in [3.63, 3.8) is 0 Å². The van der Waals surface area contributed by atoms with Gasteiger partial charge in [-0.1, -0.05) is 23.2 Å². The van der Waals surface area contributed by atoms with Crippen LogP contribution in [-0.2, 0) is 12.0 Å². The fraction of sp³-hybridized carbons (Fsp3) is 0.364. The van der Waals surface area contributed by atoms with Gasteiger partial charge in [-0.05, 0) is 50.6 Å². The highest BCUT2D eigenvalue weighted by Gasteiger charge is 2.42. The van der Waals surface area contributed by atoms with Crippen molar-refractivity contribution >= 4 is 29.0 Å². The third kappa shape index (κ3) is 3.45. The lowest BCUT2D eigenvalue weighted by atomic mass is 9.82. The van der Waals surface area contributed by atoms with Crippen LogP contribution in [-0.4, -0.2) is 27.9 Å². The number of halogens is 3. The minimum absolute atomic E-state index is 0.0660. The van der Waals surface area contributed by atoms with E-state index in [1.165, 1.54) is 17.8 Å². The smallest absolute Gasteiger partial charge is 0.166 e. The molecule has 9 heteroatoms. The van der Waals surface area contributed by atoms with Crippen molar-refractivity contribution in [1.82, 2.24) is 20.1 Å². The van der Waals surface area contributed by atoms with E-state index in [9.17, 15) is 4.39 Å². The first kappa shape index (κ1) is 20.5. The Hall–Kier alpha value is -2.35. The summed E-state index contributed by atoms with van der Waals surface area (Å²) in [7, 11) is 0. The van der Waals surface area contributed by atoms with Crippen molar-refractivity contribution in [3.05, 3.63) is 57.6 Å². The van der Waals surface area contributed by atoms with Gasteiger partial charge in [-0.15, -0.1) is 0 Å². The first-order valence-corrected chi connectivity index (χ1v) is 11.0. The number of rotatable bonds is 4. The van der Waals surface area contributed by atoms with Crippen LogP contribution in [0.15, 0.2) is 30.5 Å². The Morgan fingerprint density at radius 2 is 2.13 bits per heavy atom. The summed E-state index contributed by atoms with van der Waals surface area (Å²) in [6, 6.07) is 6.62. The molecule has 0 saturated carbocycles. The Morgan fingerprint density at radius 3 is 2.90 bits per heavy atom. The van der Waals surface area contributed by atoms with E-state index >= 15 is 0 Å². The van der Waals surface area contributed by atoms with Crippen LogP contribution in [0, 0.1) is 5.82 Å². The molecule has 2 aliphatic rings. The Bertz CT molecular complexity index is 1160. The molecule has 1 fully saturated rings. The minimum atomic E-state index is -0.630. The van der Waals surface area contributed by atoms with Crippen LogP contribution in [0.1, 0.15) is 37.1 Å². The molecular formula is C22H22Cl2FN5O. The number of ether oxygens (including phenoxy) is 1. The second-order valence-electron chi connectivity index (χ2n) is 8.22. The van der Waals surface area contributed by atoms with Gasteiger partial charge in [0.2, 0.25) is 0 Å². The topological polar surface area (TPSA) is 78.0 Å². The van der Waals surface area contributed by atoms with Crippen LogP contribution in [0.2, 0.25) is 10.0 Å². The number of nitrogens with two attached hydrogens (primary N) is 1. The van der Waals surface area contributed by atoms with Crippen LogP contribution in [0.5, 0.6) is 5.75 Å². The third-order valence-electron chi connectivity index (χ3n) is 6.34. The average Bonchev–Trinajstić information content (AvgIpc) is 3.46. The van der Waals surface area contributed by atoms with Gasteiger partial charge in [0.25, 0.3) is 0 Å². The zero-order valence-electron chi connectivity index (χ0n) is 17.0. The molecule has 1 aromatic carbocycles. The maximum atomic E-state index is 13.9. The molecule has 0 radical (unpaired) electrons. The highest BCUT2D eigenvalue weighted by Crippen LogP contribution is 2.42. The molecule has 0 bridgehead atoms. The zero-order valence-corrected chi connectivity index (χ0v) is 18.5. The molecule has 0 unspecified atom stereocenters. The molecule has 3 N–H and O–H groups in total. The number of aromatic nitrogens is 3. The number of pyridine rings is 1. The van der Waals surface area contributed by atoms with Crippen LogP contribution in [0.3, 0.4) is 0 Å². The Kier molecular flexibility index (Phi) is 5.07. The first-order chi connectivity index (χ1) is 14.9. The SMILES string of the molecule is C[C@@H](Oc1cc(-c2cc3n(n2)CC[C@@]32CCNC2)cnc1N)c1c(Cl)ccc(F)c1Cl. The Balaban J connectivity index is 1.45. The van der Waals surface area contributed by atoms with Gasteiger partial charge < -0.3 is 15.8 Å². The van der Waals surface area contributed by atoms with Crippen LogP contribution < -0.4 is 15.8 Å². The summed E-state index contributed by atoms with van der Waals surface area (Å²) in [6.45, 7) is 4.67. The zero-order chi connectivity index (χ0) is 21.8. The standard InChI is InChI=1S/C22H22Cl2FN5O/c1-12(19-14(23)2-3-15(25)20(19)24)31-17-8-13(10-28-21(17)26)16-9-18-22(4-6-27-11-22)5-7-30(18)29-16/h2-3,8-10,12,27H,4-7,11H2,1H3,(H2,26,28)/t12-,22-/m1/s1. The third-order valence-corrected chi connectivity index (χ3v) is 7.05. The molecule has 3 aromatic rings. The summed E-state index contributed by atoms with van der Waals surface area (Å²) in [4.78, 5) is 4.29. The number of nitrogen functional groups attached to an aromatic ring is 1. The summed E-state index contributed by atoms with van der Waals surface area (Å²) >= 11 is 12.4. The van der Waals surface area contributed by atoms with Gasteiger partial charge in [0.05, 0.1) is 10.7 Å². The lowest BCUT2D eigenvalue weighted by Gasteiger charge is -2.20. The van der Waals surface area contributed by atoms with E-state index in [2.05, 4.69) is 21.0 Å². The number of fused-ring (bicyclic) bond motifs is 2. The van der Waals surface area contributed by atoms with E-state index in [1.807, 2.05) is 0 Å². The fourth-order valence-corrected chi connectivity index (χ4v) is 5.31. The summed E-state index contributed by atoms with van der Waals surface area (Å²) in [5, 5.41) is 8.52. The first-order valence-electron chi connectivity index (χ1n) is 10.2. The number of aryl methyl sites for hydroxylation is 1. The summed E-state index contributed by atoms with van der Waals surface area (Å²) < 4.78 is 22.0. The van der Waals surface area contributed by atoms with Gasteiger partial charge >= 0.3 is 0 Å². The van der Waals surface area contributed by atoms with Crippen molar-refractivity contribution in [2.75, 3.05) is 18.8 Å². The Morgan fingerprint density at radius 1 is 1.29 bits per heavy atom. The van der Waals surface area contributed by atoms with Crippen molar-refractivity contribution in [1.29, 1.82) is 0 Å². The molecule has 162 valence electrons. The second kappa shape index (κ2) is 7.65. The van der Waals surface area contributed by atoms with E-state index < -0.39 is 11.9 Å². The number of benzene rings is 1. The molecule has 2 aliphatic heterocycles. The second-order valence-corrected chi connectivity index (χ2v) is 9.00. The molecule has 2 aromatic heterocycles. The van der Waals surface area contributed by atoms with E-state index in [0.29, 0.717) is 16.3 Å². The van der Waals surface area contributed by atoms with E-state index in [0.717, 1.165) is 43.7 Å². The molecule has 0 amide bonds. The van der Waals surface area contributed by atoms with E-state index in [1.54, 1.807) is 19.2 Å². The molecular weight excluding hydrogens is 440 g/mol. The van der Waals surface area contributed by atoms with Gasteiger partial charge in [0.15, 0.2) is 11.6 Å². The van der Waals surface area contributed by atoms with E-state index in [-0.39, 0.29) is 16.3 Å². The summed E-state index contributed by atoms with van der Waals surface area (Å²) in [5.74, 6) is 0.0356. The molecule has 5 rings (SSSR count). The number of hydrogen-bond acceptors (Lipinski definition) is 5. The van der Waals surface area contributed by atoms with Crippen molar-refractivity contribution in [2.45, 2.75) is 37.8 Å². The van der Waals surface area contributed by atoms with E-state index in [4.69, 9.17) is 38.8 Å². The number of anilines is 1. The lowest BCUT2D eigenvalue weighted by molar-refractivity contribution is 0.227. The van der Waals surface area contributed by atoms with Crippen LogP contribution in [0.4, 0.5) is 10.2 Å². The molecule has 6 nitrogen and oxygen atoms in total. The normalized spacial score (nSPS) is 20.9. The molecule has 1 spiro atoms. The highest BCUT2D eigenvalue weighted by molar-refractivity contribution is 6.36. The summed E-state index contributed by atoms with van der Waals surface area (Å²) in [5.41, 5.74) is 9.48. The van der Waals surface area contributed by atoms with Crippen molar-refractivity contribution in [2.24, 2.45) is 0 Å². The largest absolute Gasteiger partial charge is 0.482 e. The quantitative estimate of drug-likeness (QED) is 0.548. The molecule has 0 aliphatic carbocycles. The predicted octanol–water partition coefficient (Wildman–Crippen LogP) is 4.75. The van der Waals surface area contributed by atoms with Crippen LogP contribution in [0.25, 0.3) is 11.3 Å².